The Morgan fingerprint density at radius 3 is 2.39 bits per heavy atom. The van der Waals surface area contributed by atoms with Gasteiger partial charge in [-0.15, -0.1) is 11.3 Å². The average Bonchev–Trinajstić information content (AvgIpc) is 3.14. The third-order valence-corrected chi connectivity index (χ3v) is 5.43. The minimum atomic E-state index is -0.215. The fraction of sp³-hybridized carbons (Fsp3) is 0.143. The van der Waals surface area contributed by atoms with Crippen LogP contribution in [-0.2, 0) is 0 Å². The number of thiophene rings is 1. The molecule has 0 aliphatic carbocycles. The summed E-state index contributed by atoms with van der Waals surface area (Å²) in [5.41, 5.74) is 1.41. The lowest BCUT2D eigenvalue weighted by molar-refractivity contribution is 0.103. The fourth-order valence-corrected chi connectivity index (χ4v) is 3.85. The number of methoxy groups -OCH3 is 3. The van der Waals surface area contributed by atoms with E-state index in [0.29, 0.717) is 22.1 Å². The van der Waals surface area contributed by atoms with E-state index in [0.717, 1.165) is 26.9 Å². The zero-order valence-corrected chi connectivity index (χ0v) is 16.4. The highest BCUT2D eigenvalue weighted by molar-refractivity contribution is 7.20. The van der Waals surface area contributed by atoms with Gasteiger partial charge in [-0.05, 0) is 36.4 Å². The van der Waals surface area contributed by atoms with Gasteiger partial charge in [0.1, 0.15) is 22.1 Å². The van der Waals surface area contributed by atoms with E-state index < -0.39 is 0 Å². The number of ether oxygens (including phenoxy) is 3. The Hall–Kier alpha value is -3.32. The molecular weight excluding hydrogens is 376 g/mol. The largest absolute Gasteiger partial charge is 0.497 e. The van der Waals surface area contributed by atoms with Gasteiger partial charge in [0.25, 0.3) is 5.91 Å². The Balaban J connectivity index is 1.67. The fourth-order valence-electron chi connectivity index (χ4n) is 2.93. The molecule has 1 amide bonds. The normalized spacial score (nSPS) is 10.8. The molecule has 4 aromatic rings. The summed E-state index contributed by atoms with van der Waals surface area (Å²) >= 11 is 1.34. The first kappa shape index (κ1) is 18.1. The van der Waals surface area contributed by atoms with Crippen LogP contribution in [0.25, 0.3) is 21.1 Å². The maximum Gasteiger partial charge on any atom is 0.265 e. The quantitative estimate of drug-likeness (QED) is 0.530. The number of carbonyl (C=O) groups is 1. The first-order valence-corrected chi connectivity index (χ1v) is 9.34. The number of hydrogen-bond acceptors (Lipinski definition) is 6. The lowest BCUT2D eigenvalue weighted by atomic mass is 10.2. The summed E-state index contributed by atoms with van der Waals surface area (Å²) in [6.07, 6.45) is 0. The van der Waals surface area contributed by atoms with E-state index in [1.807, 2.05) is 30.3 Å². The molecule has 7 heteroatoms. The van der Waals surface area contributed by atoms with Gasteiger partial charge in [-0.1, -0.05) is 0 Å². The Morgan fingerprint density at radius 1 is 0.893 bits per heavy atom. The molecule has 0 radical (unpaired) electrons. The molecule has 0 unspecified atom stereocenters. The van der Waals surface area contributed by atoms with Crippen molar-refractivity contribution in [2.45, 2.75) is 0 Å². The molecule has 0 aliphatic heterocycles. The van der Waals surface area contributed by atoms with Crippen molar-refractivity contribution in [2.75, 3.05) is 26.6 Å². The highest BCUT2D eigenvalue weighted by Gasteiger charge is 2.15. The van der Waals surface area contributed by atoms with Crippen LogP contribution in [0.3, 0.4) is 0 Å². The molecule has 0 atom stereocenters. The van der Waals surface area contributed by atoms with Crippen LogP contribution in [0.1, 0.15) is 9.67 Å². The van der Waals surface area contributed by atoms with Crippen LogP contribution in [-0.4, -0.2) is 32.2 Å². The molecule has 142 valence electrons. The van der Waals surface area contributed by atoms with E-state index in [2.05, 4.69) is 10.3 Å². The molecule has 4 rings (SSSR count). The standard InChI is InChI=1S/C21H18N2O4S/c1-25-14-5-4-12-8-13-9-19(28-21(13)23-17(12)10-14)20(24)22-16-7-6-15(26-2)11-18(16)27-3/h4-11H,1-3H3,(H,22,24). The molecular formula is C21H18N2O4S. The van der Waals surface area contributed by atoms with Gasteiger partial charge in [-0.3, -0.25) is 4.79 Å². The zero-order valence-electron chi connectivity index (χ0n) is 15.6. The van der Waals surface area contributed by atoms with Crippen LogP contribution >= 0.6 is 11.3 Å². The Morgan fingerprint density at radius 2 is 1.64 bits per heavy atom. The van der Waals surface area contributed by atoms with Crippen molar-refractivity contribution in [3.63, 3.8) is 0 Å². The Bertz CT molecular complexity index is 1190. The van der Waals surface area contributed by atoms with E-state index in [-0.39, 0.29) is 5.91 Å². The number of nitrogens with zero attached hydrogens (tertiary/aromatic N) is 1. The summed E-state index contributed by atoms with van der Waals surface area (Å²) < 4.78 is 15.8. The van der Waals surface area contributed by atoms with Gasteiger partial charge in [0.15, 0.2) is 0 Å². The second kappa shape index (κ2) is 7.36. The summed E-state index contributed by atoms with van der Waals surface area (Å²) in [6, 6.07) is 14.9. The number of pyridine rings is 1. The van der Waals surface area contributed by atoms with Gasteiger partial charge in [-0.2, -0.15) is 0 Å². The monoisotopic (exact) mass is 394 g/mol. The first-order chi connectivity index (χ1) is 13.6. The molecule has 0 fully saturated rings. The van der Waals surface area contributed by atoms with Gasteiger partial charge in [0, 0.05) is 22.9 Å². The van der Waals surface area contributed by atoms with Crippen molar-refractivity contribution in [2.24, 2.45) is 0 Å². The van der Waals surface area contributed by atoms with Gasteiger partial charge in [0.05, 0.1) is 37.4 Å². The predicted octanol–water partition coefficient (Wildman–Crippen LogP) is 4.73. The van der Waals surface area contributed by atoms with Crippen molar-refractivity contribution in [1.29, 1.82) is 0 Å². The van der Waals surface area contributed by atoms with Crippen LogP contribution in [0.2, 0.25) is 0 Å². The van der Waals surface area contributed by atoms with Crippen molar-refractivity contribution < 1.29 is 19.0 Å². The number of anilines is 1. The Kier molecular flexibility index (Phi) is 4.75. The third-order valence-electron chi connectivity index (χ3n) is 4.39. The number of hydrogen-bond donors (Lipinski definition) is 1. The maximum atomic E-state index is 12.8. The zero-order chi connectivity index (χ0) is 19.7. The molecule has 0 bridgehead atoms. The third kappa shape index (κ3) is 3.32. The SMILES string of the molecule is COc1ccc(NC(=O)c2cc3cc4ccc(OC)cc4nc3s2)c(OC)c1. The van der Waals surface area contributed by atoms with Gasteiger partial charge < -0.3 is 19.5 Å². The second-order valence-electron chi connectivity index (χ2n) is 6.07. The first-order valence-electron chi connectivity index (χ1n) is 8.53. The summed E-state index contributed by atoms with van der Waals surface area (Å²) in [7, 11) is 4.76. The van der Waals surface area contributed by atoms with Crippen molar-refractivity contribution in [3.8, 4) is 17.2 Å². The lowest BCUT2D eigenvalue weighted by Crippen LogP contribution is -2.11. The number of amides is 1. The smallest absolute Gasteiger partial charge is 0.265 e. The molecule has 6 nitrogen and oxygen atoms in total. The summed E-state index contributed by atoms with van der Waals surface area (Å²) in [6.45, 7) is 0. The van der Waals surface area contributed by atoms with E-state index in [1.165, 1.54) is 11.3 Å². The second-order valence-corrected chi connectivity index (χ2v) is 7.10. The highest BCUT2D eigenvalue weighted by Crippen LogP contribution is 2.32. The molecule has 0 spiro atoms. The van der Waals surface area contributed by atoms with E-state index in [1.54, 1.807) is 39.5 Å². The number of nitrogens with one attached hydrogen (secondary N) is 1. The number of benzene rings is 2. The number of fused-ring (bicyclic) bond motifs is 2. The number of carbonyl (C=O) groups excluding carboxylic acids is 1. The molecule has 2 aromatic heterocycles. The van der Waals surface area contributed by atoms with Crippen LogP contribution in [0.15, 0.2) is 48.5 Å². The van der Waals surface area contributed by atoms with Crippen LogP contribution in [0, 0.1) is 0 Å². The maximum absolute atomic E-state index is 12.8. The summed E-state index contributed by atoms with van der Waals surface area (Å²) in [5.74, 6) is 1.72. The molecule has 0 saturated carbocycles. The van der Waals surface area contributed by atoms with Crippen LogP contribution in [0.5, 0.6) is 17.2 Å². The molecule has 2 aromatic carbocycles. The molecule has 28 heavy (non-hydrogen) atoms. The molecule has 0 saturated heterocycles. The van der Waals surface area contributed by atoms with Gasteiger partial charge in [0.2, 0.25) is 0 Å². The van der Waals surface area contributed by atoms with Crippen LogP contribution < -0.4 is 19.5 Å². The van der Waals surface area contributed by atoms with E-state index in [9.17, 15) is 4.79 Å². The summed E-state index contributed by atoms with van der Waals surface area (Å²) in [4.78, 5) is 18.8. The van der Waals surface area contributed by atoms with Crippen molar-refractivity contribution in [3.05, 3.63) is 53.4 Å². The highest BCUT2D eigenvalue weighted by atomic mass is 32.1. The lowest BCUT2D eigenvalue weighted by Gasteiger charge is -2.10. The van der Waals surface area contributed by atoms with Gasteiger partial charge in [-0.25, -0.2) is 4.98 Å². The average molecular weight is 394 g/mol. The van der Waals surface area contributed by atoms with E-state index >= 15 is 0 Å². The topological polar surface area (TPSA) is 69.7 Å². The summed E-state index contributed by atoms with van der Waals surface area (Å²) in [5, 5.41) is 4.81. The van der Waals surface area contributed by atoms with Crippen molar-refractivity contribution >= 4 is 44.1 Å². The number of rotatable bonds is 5. The van der Waals surface area contributed by atoms with Gasteiger partial charge >= 0.3 is 0 Å². The van der Waals surface area contributed by atoms with E-state index in [4.69, 9.17) is 14.2 Å². The number of aromatic nitrogens is 1. The molecule has 2 heterocycles. The minimum Gasteiger partial charge on any atom is -0.497 e. The predicted molar refractivity (Wildman–Crippen MR) is 111 cm³/mol. The minimum absolute atomic E-state index is 0.215. The van der Waals surface area contributed by atoms with Crippen molar-refractivity contribution in [1.82, 2.24) is 4.98 Å². The molecule has 0 aliphatic rings. The Labute approximate surface area is 165 Å². The molecule has 1 N–H and O–H groups in total. The van der Waals surface area contributed by atoms with Crippen LogP contribution in [0.4, 0.5) is 5.69 Å².